The van der Waals surface area contributed by atoms with Gasteiger partial charge in [0.2, 0.25) is 5.91 Å². The van der Waals surface area contributed by atoms with Gasteiger partial charge >= 0.3 is 5.97 Å². The number of carbonyl (C=O) groups is 3. The van der Waals surface area contributed by atoms with Crippen molar-refractivity contribution in [2.75, 3.05) is 19.7 Å². The Balaban J connectivity index is 1.60. The van der Waals surface area contributed by atoms with Crippen molar-refractivity contribution < 1.29 is 19.1 Å². The maximum atomic E-state index is 12.2. The fraction of sp³-hybridized carbons (Fsp3) is 0.353. The standard InChI is InChI=1S/C17H19N3O4/c18-16(22)11-4-3-7-20(9-11)15(21)10-24-17(23)13-8-19-14-6-2-1-5-12(13)14/h1-2,5-6,8,11,19H,3-4,7,9-10H2,(H2,18,22)/t11-/m1/s1. The molecule has 0 spiro atoms. The Morgan fingerprint density at radius 2 is 2.08 bits per heavy atom. The minimum Gasteiger partial charge on any atom is -0.452 e. The first-order valence-electron chi connectivity index (χ1n) is 7.86. The molecule has 1 atom stereocenters. The van der Waals surface area contributed by atoms with Crippen LogP contribution in [0.1, 0.15) is 23.2 Å². The minimum atomic E-state index is -0.552. The summed E-state index contributed by atoms with van der Waals surface area (Å²) in [6, 6.07) is 7.36. The number of fused-ring (bicyclic) bond motifs is 1. The van der Waals surface area contributed by atoms with E-state index in [0.717, 1.165) is 17.3 Å². The topological polar surface area (TPSA) is 105 Å². The summed E-state index contributed by atoms with van der Waals surface area (Å²) >= 11 is 0. The monoisotopic (exact) mass is 329 g/mol. The number of H-pyrrole nitrogens is 1. The van der Waals surface area contributed by atoms with E-state index in [-0.39, 0.29) is 18.4 Å². The van der Waals surface area contributed by atoms with Crippen LogP contribution < -0.4 is 5.73 Å². The van der Waals surface area contributed by atoms with Crippen molar-refractivity contribution in [3.8, 4) is 0 Å². The second-order valence-electron chi connectivity index (χ2n) is 5.91. The van der Waals surface area contributed by atoms with Crippen molar-refractivity contribution in [3.05, 3.63) is 36.0 Å². The number of benzene rings is 1. The van der Waals surface area contributed by atoms with Gasteiger partial charge in [-0.1, -0.05) is 18.2 Å². The van der Waals surface area contributed by atoms with E-state index in [1.165, 1.54) is 4.90 Å². The maximum Gasteiger partial charge on any atom is 0.340 e. The molecule has 2 heterocycles. The highest BCUT2D eigenvalue weighted by atomic mass is 16.5. The molecular formula is C17H19N3O4. The molecule has 0 aliphatic carbocycles. The molecule has 126 valence electrons. The molecule has 2 aromatic rings. The maximum absolute atomic E-state index is 12.2. The van der Waals surface area contributed by atoms with Crippen LogP contribution in [0.25, 0.3) is 10.9 Å². The van der Waals surface area contributed by atoms with Gasteiger partial charge in [-0.3, -0.25) is 9.59 Å². The van der Waals surface area contributed by atoms with Crippen LogP contribution >= 0.6 is 0 Å². The molecule has 0 unspecified atom stereocenters. The molecule has 2 amide bonds. The lowest BCUT2D eigenvalue weighted by molar-refractivity contribution is -0.137. The summed E-state index contributed by atoms with van der Waals surface area (Å²) in [5, 5.41) is 0.752. The van der Waals surface area contributed by atoms with Gasteiger partial charge in [0.15, 0.2) is 6.61 Å². The number of piperidine rings is 1. The molecule has 1 saturated heterocycles. The summed E-state index contributed by atoms with van der Waals surface area (Å²) in [4.78, 5) is 40.2. The van der Waals surface area contributed by atoms with Gasteiger partial charge < -0.3 is 20.4 Å². The molecule has 1 aliphatic rings. The Labute approximate surface area is 138 Å². The molecule has 1 aromatic carbocycles. The Kier molecular flexibility index (Phi) is 4.50. The number of aromatic amines is 1. The summed E-state index contributed by atoms with van der Waals surface area (Å²) < 4.78 is 5.14. The van der Waals surface area contributed by atoms with Crippen molar-refractivity contribution in [2.24, 2.45) is 11.7 Å². The van der Waals surface area contributed by atoms with Crippen molar-refractivity contribution in [1.29, 1.82) is 0 Å². The number of amides is 2. The van der Waals surface area contributed by atoms with Crippen LogP contribution in [0.5, 0.6) is 0 Å². The van der Waals surface area contributed by atoms with Crippen LogP contribution in [-0.2, 0) is 14.3 Å². The third-order valence-corrected chi connectivity index (χ3v) is 4.31. The highest BCUT2D eigenvalue weighted by Crippen LogP contribution is 2.19. The average Bonchev–Trinajstić information content (AvgIpc) is 3.03. The number of nitrogens with zero attached hydrogens (tertiary/aromatic N) is 1. The third kappa shape index (κ3) is 3.24. The van der Waals surface area contributed by atoms with E-state index in [0.29, 0.717) is 25.1 Å². The molecule has 7 nitrogen and oxygen atoms in total. The molecule has 1 aliphatic heterocycles. The summed E-state index contributed by atoms with van der Waals surface area (Å²) in [6.45, 7) is 0.496. The Morgan fingerprint density at radius 1 is 1.29 bits per heavy atom. The predicted molar refractivity (Wildman–Crippen MR) is 87.1 cm³/mol. The summed E-state index contributed by atoms with van der Waals surface area (Å²) in [5.74, 6) is -1.59. The molecule has 1 fully saturated rings. The van der Waals surface area contributed by atoms with Gasteiger partial charge in [0, 0.05) is 30.2 Å². The normalized spacial score (nSPS) is 17.7. The number of para-hydroxylation sites is 1. The zero-order chi connectivity index (χ0) is 17.1. The molecule has 7 heteroatoms. The van der Waals surface area contributed by atoms with Crippen LogP contribution in [0, 0.1) is 5.92 Å². The number of nitrogens with two attached hydrogens (primary N) is 1. The first kappa shape index (κ1) is 16.0. The lowest BCUT2D eigenvalue weighted by atomic mass is 9.97. The van der Waals surface area contributed by atoms with E-state index in [2.05, 4.69) is 4.98 Å². The van der Waals surface area contributed by atoms with E-state index in [1.807, 2.05) is 24.3 Å². The third-order valence-electron chi connectivity index (χ3n) is 4.31. The lowest BCUT2D eigenvalue weighted by Crippen LogP contribution is -2.45. The molecule has 24 heavy (non-hydrogen) atoms. The van der Waals surface area contributed by atoms with Crippen LogP contribution in [0.3, 0.4) is 0 Å². The number of likely N-dealkylation sites (tertiary alicyclic amines) is 1. The summed E-state index contributed by atoms with van der Waals surface area (Å²) in [7, 11) is 0. The first-order chi connectivity index (χ1) is 11.6. The largest absolute Gasteiger partial charge is 0.452 e. The number of hydrogen-bond acceptors (Lipinski definition) is 4. The Bertz CT molecular complexity index is 783. The minimum absolute atomic E-state index is 0.290. The number of nitrogens with one attached hydrogen (secondary N) is 1. The molecular weight excluding hydrogens is 310 g/mol. The summed E-state index contributed by atoms with van der Waals surface area (Å²) in [5.41, 5.74) is 6.53. The van der Waals surface area contributed by atoms with Crippen LogP contribution in [0.4, 0.5) is 0 Å². The number of esters is 1. The van der Waals surface area contributed by atoms with Gasteiger partial charge in [-0.05, 0) is 18.9 Å². The van der Waals surface area contributed by atoms with Gasteiger partial charge in [-0.2, -0.15) is 0 Å². The van der Waals surface area contributed by atoms with Crippen molar-refractivity contribution in [3.63, 3.8) is 0 Å². The van der Waals surface area contributed by atoms with E-state index in [9.17, 15) is 14.4 Å². The van der Waals surface area contributed by atoms with Crippen molar-refractivity contribution >= 4 is 28.7 Å². The van der Waals surface area contributed by atoms with E-state index < -0.39 is 11.9 Å². The van der Waals surface area contributed by atoms with E-state index >= 15 is 0 Å². The number of hydrogen-bond donors (Lipinski definition) is 2. The number of primary amides is 1. The van der Waals surface area contributed by atoms with Gasteiger partial charge in [0.1, 0.15) is 0 Å². The van der Waals surface area contributed by atoms with E-state index in [4.69, 9.17) is 10.5 Å². The smallest absolute Gasteiger partial charge is 0.340 e. The fourth-order valence-electron chi connectivity index (χ4n) is 2.97. The Morgan fingerprint density at radius 3 is 2.88 bits per heavy atom. The van der Waals surface area contributed by atoms with Gasteiger partial charge in [0.05, 0.1) is 11.5 Å². The number of aromatic nitrogens is 1. The number of ether oxygens (including phenoxy) is 1. The zero-order valence-electron chi connectivity index (χ0n) is 13.2. The summed E-state index contributed by atoms with van der Waals surface area (Å²) in [6.07, 6.45) is 2.98. The highest BCUT2D eigenvalue weighted by Gasteiger charge is 2.27. The zero-order valence-corrected chi connectivity index (χ0v) is 13.2. The van der Waals surface area contributed by atoms with Gasteiger partial charge in [-0.25, -0.2) is 4.79 Å². The Hall–Kier alpha value is -2.83. The van der Waals surface area contributed by atoms with Gasteiger partial charge in [-0.15, -0.1) is 0 Å². The van der Waals surface area contributed by atoms with Crippen molar-refractivity contribution in [2.45, 2.75) is 12.8 Å². The first-order valence-corrected chi connectivity index (χ1v) is 7.86. The molecule has 3 rings (SSSR count). The van der Waals surface area contributed by atoms with E-state index in [1.54, 1.807) is 6.20 Å². The molecule has 0 bridgehead atoms. The second-order valence-corrected chi connectivity index (χ2v) is 5.91. The number of rotatable bonds is 4. The van der Waals surface area contributed by atoms with Crippen LogP contribution in [0.15, 0.2) is 30.5 Å². The second kappa shape index (κ2) is 6.74. The molecule has 3 N–H and O–H groups in total. The predicted octanol–water partition coefficient (Wildman–Crippen LogP) is 1.05. The lowest BCUT2D eigenvalue weighted by Gasteiger charge is -2.31. The number of carbonyl (C=O) groups excluding carboxylic acids is 3. The molecule has 0 saturated carbocycles. The quantitative estimate of drug-likeness (QED) is 0.818. The molecule has 0 radical (unpaired) electrons. The van der Waals surface area contributed by atoms with Crippen LogP contribution in [-0.4, -0.2) is 47.4 Å². The highest BCUT2D eigenvalue weighted by molar-refractivity contribution is 6.04. The fourth-order valence-corrected chi connectivity index (χ4v) is 2.97. The van der Waals surface area contributed by atoms with Gasteiger partial charge in [0.25, 0.3) is 5.91 Å². The van der Waals surface area contributed by atoms with Crippen LogP contribution in [0.2, 0.25) is 0 Å². The average molecular weight is 329 g/mol. The van der Waals surface area contributed by atoms with Crippen molar-refractivity contribution in [1.82, 2.24) is 9.88 Å². The molecule has 1 aromatic heterocycles. The SMILES string of the molecule is NC(=O)[C@@H]1CCCN(C(=O)COC(=O)c2c[nH]c3ccccc23)C1.